The van der Waals surface area contributed by atoms with Crippen LogP contribution in [-0.2, 0) is 9.53 Å². The van der Waals surface area contributed by atoms with Crippen LogP contribution < -0.4 is 5.32 Å². The van der Waals surface area contributed by atoms with E-state index < -0.39 is 5.97 Å². The molecule has 0 aliphatic rings. The maximum Gasteiger partial charge on any atom is 0.338 e. The topological polar surface area (TPSA) is 72.5 Å². The van der Waals surface area contributed by atoms with E-state index in [0.717, 1.165) is 16.7 Å². The standard InChI is InChI=1S/C20H21NO4/c1-12-8-13(2)19(14(3)9-12)18(23)11-25-20(24)16-6-5-7-17(10-16)21-15(4)22/h5-10H,11H2,1-4H3,(H,21,22). The van der Waals surface area contributed by atoms with Crippen LogP contribution in [0.15, 0.2) is 36.4 Å². The molecule has 0 saturated heterocycles. The van der Waals surface area contributed by atoms with E-state index in [0.29, 0.717) is 11.3 Å². The number of esters is 1. The molecular weight excluding hydrogens is 318 g/mol. The molecule has 0 unspecified atom stereocenters. The molecule has 1 amide bonds. The van der Waals surface area contributed by atoms with Gasteiger partial charge >= 0.3 is 5.97 Å². The zero-order chi connectivity index (χ0) is 18.6. The van der Waals surface area contributed by atoms with Crippen LogP contribution in [0.3, 0.4) is 0 Å². The first kappa shape index (κ1) is 18.4. The van der Waals surface area contributed by atoms with Crippen molar-refractivity contribution in [2.45, 2.75) is 27.7 Å². The Labute approximate surface area is 147 Å². The summed E-state index contributed by atoms with van der Waals surface area (Å²) in [6.07, 6.45) is 0. The number of carbonyl (C=O) groups excluding carboxylic acids is 3. The van der Waals surface area contributed by atoms with Gasteiger partial charge in [0.1, 0.15) is 0 Å². The Balaban J connectivity index is 2.07. The zero-order valence-electron chi connectivity index (χ0n) is 14.8. The zero-order valence-corrected chi connectivity index (χ0v) is 14.8. The van der Waals surface area contributed by atoms with Gasteiger partial charge in [-0.05, 0) is 50.1 Å². The molecule has 0 atom stereocenters. The third kappa shape index (κ3) is 4.76. The van der Waals surface area contributed by atoms with Crippen LogP contribution in [0, 0.1) is 20.8 Å². The van der Waals surface area contributed by atoms with Crippen LogP contribution in [0.5, 0.6) is 0 Å². The summed E-state index contributed by atoms with van der Waals surface area (Å²) >= 11 is 0. The van der Waals surface area contributed by atoms with Gasteiger partial charge < -0.3 is 10.1 Å². The van der Waals surface area contributed by atoms with E-state index in [1.165, 1.54) is 13.0 Å². The number of amides is 1. The molecule has 0 aliphatic carbocycles. The van der Waals surface area contributed by atoms with Gasteiger partial charge in [-0.1, -0.05) is 23.8 Å². The summed E-state index contributed by atoms with van der Waals surface area (Å²) in [5.41, 5.74) is 4.18. The highest BCUT2D eigenvalue weighted by Gasteiger charge is 2.16. The first-order valence-electron chi connectivity index (χ1n) is 7.93. The number of hydrogen-bond donors (Lipinski definition) is 1. The van der Waals surface area contributed by atoms with Crippen LogP contribution in [0.1, 0.15) is 44.3 Å². The van der Waals surface area contributed by atoms with Crippen molar-refractivity contribution < 1.29 is 19.1 Å². The molecule has 0 aliphatic heterocycles. The van der Waals surface area contributed by atoms with Gasteiger partial charge in [-0.3, -0.25) is 9.59 Å². The molecule has 0 aromatic heterocycles. The number of carbonyl (C=O) groups is 3. The smallest absolute Gasteiger partial charge is 0.338 e. The largest absolute Gasteiger partial charge is 0.454 e. The van der Waals surface area contributed by atoms with Gasteiger partial charge in [-0.15, -0.1) is 0 Å². The highest BCUT2D eigenvalue weighted by atomic mass is 16.5. The van der Waals surface area contributed by atoms with E-state index in [4.69, 9.17) is 4.74 Å². The fraction of sp³-hybridized carbons (Fsp3) is 0.250. The number of anilines is 1. The highest BCUT2D eigenvalue weighted by molar-refractivity contribution is 6.01. The second-order valence-corrected chi connectivity index (χ2v) is 6.04. The first-order chi connectivity index (χ1) is 11.8. The van der Waals surface area contributed by atoms with E-state index >= 15 is 0 Å². The summed E-state index contributed by atoms with van der Waals surface area (Å²) in [5, 5.41) is 2.60. The molecular formula is C20H21NO4. The molecule has 0 fully saturated rings. The van der Waals surface area contributed by atoms with Crippen molar-refractivity contribution >= 4 is 23.3 Å². The summed E-state index contributed by atoms with van der Waals surface area (Å²) in [4.78, 5) is 35.6. The molecule has 130 valence electrons. The Morgan fingerprint density at radius 1 is 1.00 bits per heavy atom. The number of Topliss-reactive ketones (excluding diaryl/α,β-unsaturated/α-hetero) is 1. The van der Waals surface area contributed by atoms with E-state index in [9.17, 15) is 14.4 Å². The lowest BCUT2D eigenvalue weighted by Gasteiger charge is -2.11. The molecule has 0 radical (unpaired) electrons. The summed E-state index contributed by atoms with van der Waals surface area (Å²) in [7, 11) is 0. The maximum absolute atomic E-state index is 12.4. The van der Waals surface area contributed by atoms with Crippen molar-refractivity contribution in [1.82, 2.24) is 0 Å². The summed E-state index contributed by atoms with van der Waals surface area (Å²) in [5.74, 6) is -1.07. The van der Waals surface area contributed by atoms with Crippen molar-refractivity contribution in [3.8, 4) is 0 Å². The fourth-order valence-corrected chi connectivity index (χ4v) is 2.83. The van der Waals surface area contributed by atoms with E-state index in [1.54, 1.807) is 18.2 Å². The molecule has 5 heteroatoms. The molecule has 5 nitrogen and oxygen atoms in total. The van der Waals surface area contributed by atoms with Crippen molar-refractivity contribution in [3.05, 3.63) is 64.2 Å². The van der Waals surface area contributed by atoms with Crippen LogP contribution in [0.2, 0.25) is 0 Å². The molecule has 2 aromatic rings. The predicted molar refractivity (Wildman–Crippen MR) is 96.0 cm³/mol. The molecule has 0 saturated carbocycles. The Morgan fingerprint density at radius 3 is 2.24 bits per heavy atom. The molecule has 2 aromatic carbocycles. The normalized spacial score (nSPS) is 10.2. The Bertz CT molecular complexity index is 816. The first-order valence-corrected chi connectivity index (χ1v) is 7.93. The van der Waals surface area contributed by atoms with Gasteiger partial charge in [0.15, 0.2) is 6.61 Å². The number of ketones is 1. The lowest BCUT2D eigenvalue weighted by molar-refractivity contribution is -0.114. The summed E-state index contributed by atoms with van der Waals surface area (Å²) in [6.45, 7) is 6.76. The molecule has 25 heavy (non-hydrogen) atoms. The molecule has 1 N–H and O–H groups in total. The van der Waals surface area contributed by atoms with Crippen molar-refractivity contribution in [2.24, 2.45) is 0 Å². The number of rotatable bonds is 5. The lowest BCUT2D eigenvalue weighted by atomic mass is 9.97. The van der Waals surface area contributed by atoms with Crippen molar-refractivity contribution in [3.63, 3.8) is 0 Å². The molecule has 0 heterocycles. The maximum atomic E-state index is 12.4. The minimum Gasteiger partial charge on any atom is -0.454 e. The lowest BCUT2D eigenvalue weighted by Crippen LogP contribution is -2.16. The van der Waals surface area contributed by atoms with Crippen LogP contribution in [0.25, 0.3) is 0 Å². The minimum atomic E-state index is -0.608. The summed E-state index contributed by atoms with van der Waals surface area (Å²) in [6, 6.07) is 10.2. The van der Waals surface area contributed by atoms with Crippen LogP contribution >= 0.6 is 0 Å². The van der Waals surface area contributed by atoms with Gasteiger partial charge in [0.25, 0.3) is 0 Å². The predicted octanol–water partition coefficient (Wildman–Crippen LogP) is 3.61. The van der Waals surface area contributed by atoms with Gasteiger partial charge in [0, 0.05) is 18.2 Å². The van der Waals surface area contributed by atoms with Gasteiger partial charge in [-0.25, -0.2) is 4.79 Å². The third-order valence-electron chi connectivity index (χ3n) is 3.71. The minimum absolute atomic E-state index is 0.231. The van der Waals surface area contributed by atoms with Gasteiger partial charge in [0.2, 0.25) is 11.7 Å². The number of aryl methyl sites for hydroxylation is 3. The molecule has 2 rings (SSSR count). The SMILES string of the molecule is CC(=O)Nc1cccc(C(=O)OCC(=O)c2c(C)cc(C)cc2C)c1. The van der Waals surface area contributed by atoms with Crippen molar-refractivity contribution in [2.75, 3.05) is 11.9 Å². The number of ether oxygens (including phenoxy) is 1. The average Bonchev–Trinajstić information content (AvgIpc) is 2.51. The Morgan fingerprint density at radius 2 is 1.64 bits per heavy atom. The van der Waals surface area contributed by atoms with Crippen LogP contribution in [-0.4, -0.2) is 24.3 Å². The monoisotopic (exact) mass is 339 g/mol. The summed E-state index contributed by atoms with van der Waals surface area (Å²) < 4.78 is 5.14. The average molecular weight is 339 g/mol. The van der Waals surface area contributed by atoms with Crippen LogP contribution in [0.4, 0.5) is 5.69 Å². The van der Waals surface area contributed by atoms with Gasteiger partial charge in [0.05, 0.1) is 5.56 Å². The number of benzene rings is 2. The fourth-order valence-electron chi connectivity index (χ4n) is 2.83. The van der Waals surface area contributed by atoms with E-state index in [2.05, 4.69) is 5.32 Å². The second-order valence-electron chi connectivity index (χ2n) is 6.04. The van der Waals surface area contributed by atoms with Crippen molar-refractivity contribution in [1.29, 1.82) is 0 Å². The van der Waals surface area contributed by atoms with Gasteiger partial charge in [-0.2, -0.15) is 0 Å². The van der Waals surface area contributed by atoms with E-state index in [-0.39, 0.29) is 23.9 Å². The highest BCUT2D eigenvalue weighted by Crippen LogP contribution is 2.18. The third-order valence-corrected chi connectivity index (χ3v) is 3.71. The number of hydrogen-bond acceptors (Lipinski definition) is 4. The molecule has 0 bridgehead atoms. The molecule has 0 spiro atoms. The Hall–Kier alpha value is -2.95. The van der Waals surface area contributed by atoms with E-state index in [1.807, 2.05) is 32.9 Å². The Kier molecular flexibility index (Phi) is 5.70. The quantitative estimate of drug-likeness (QED) is 0.667. The number of nitrogens with one attached hydrogen (secondary N) is 1. The second kappa shape index (κ2) is 7.75.